The van der Waals surface area contributed by atoms with Gasteiger partial charge >= 0.3 is 5.97 Å². The molecule has 0 spiro atoms. The highest BCUT2D eigenvalue weighted by Crippen LogP contribution is 2.15. The van der Waals surface area contributed by atoms with E-state index >= 15 is 0 Å². The van der Waals surface area contributed by atoms with E-state index in [2.05, 4.69) is 5.32 Å². The fourth-order valence-electron chi connectivity index (χ4n) is 1.95. The summed E-state index contributed by atoms with van der Waals surface area (Å²) in [6.07, 6.45) is 0. The highest BCUT2D eigenvalue weighted by molar-refractivity contribution is 6.30. The minimum atomic E-state index is -0.513. The summed E-state index contributed by atoms with van der Waals surface area (Å²) < 4.78 is 10.4. The van der Waals surface area contributed by atoms with Gasteiger partial charge in [-0.1, -0.05) is 29.8 Å². The third-order valence-corrected chi connectivity index (χ3v) is 3.46. The van der Waals surface area contributed by atoms with E-state index < -0.39 is 5.97 Å². The first kappa shape index (κ1) is 17.8. The molecule has 0 saturated heterocycles. The number of ether oxygens (including phenoxy) is 2. The normalized spacial score (nSPS) is 10.1. The molecule has 0 aliphatic carbocycles. The fourth-order valence-corrected chi connectivity index (χ4v) is 2.08. The van der Waals surface area contributed by atoms with Gasteiger partial charge in [0.25, 0.3) is 5.91 Å². The Hall–Kier alpha value is -2.53. The molecule has 126 valence electrons. The molecule has 1 amide bonds. The zero-order valence-electron chi connectivity index (χ0n) is 13.3. The summed E-state index contributed by atoms with van der Waals surface area (Å²) in [5, 5.41) is 3.25. The largest absolute Gasteiger partial charge is 0.492 e. The molecule has 2 aromatic carbocycles. The van der Waals surface area contributed by atoms with Crippen molar-refractivity contribution in [3.05, 3.63) is 64.7 Å². The van der Waals surface area contributed by atoms with Crippen molar-refractivity contribution in [2.45, 2.75) is 6.92 Å². The van der Waals surface area contributed by atoms with Crippen LogP contribution in [0.15, 0.2) is 48.5 Å². The number of esters is 1. The van der Waals surface area contributed by atoms with Gasteiger partial charge in [0.05, 0.1) is 12.1 Å². The van der Waals surface area contributed by atoms with Gasteiger partial charge in [-0.05, 0) is 42.8 Å². The molecule has 1 N–H and O–H groups in total. The molecule has 0 bridgehead atoms. The third-order valence-electron chi connectivity index (χ3n) is 3.21. The number of hydrogen-bond acceptors (Lipinski definition) is 4. The van der Waals surface area contributed by atoms with E-state index in [1.54, 1.807) is 36.4 Å². The highest BCUT2D eigenvalue weighted by atomic mass is 35.5. The van der Waals surface area contributed by atoms with Crippen LogP contribution >= 0.6 is 11.6 Å². The number of halogens is 1. The van der Waals surface area contributed by atoms with Crippen molar-refractivity contribution in [3.8, 4) is 5.75 Å². The van der Waals surface area contributed by atoms with E-state index in [9.17, 15) is 9.59 Å². The van der Waals surface area contributed by atoms with Gasteiger partial charge in [0.15, 0.2) is 6.61 Å². The molecule has 6 heteroatoms. The topological polar surface area (TPSA) is 64.6 Å². The minimum absolute atomic E-state index is 0.305. The number of carbonyl (C=O) groups excluding carboxylic acids is 2. The molecule has 24 heavy (non-hydrogen) atoms. The maximum atomic E-state index is 11.9. The number of hydrogen-bond donors (Lipinski definition) is 1. The zero-order valence-corrected chi connectivity index (χ0v) is 14.0. The van der Waals surface area contributed by atoms with Crippen molar-refractivity contribution >= 4 is 23.5 Å². The van der Waals surface area contributed by atoms with Crippen molar-refractivity contribution in [2.24, 2.45) is 0 Å². The number of nitrogens with one attached hydrogen (secondary N) is 1. The summed E-state index contributed by atoms with van der Waals surface area (Å²) in [6, 6.07) is 14.0. The molecule has 0 aromatic heterocycles. The van der Waals surface area contributed by atoms with Gasteiger partial charge in [-0.2, -0.15) is 0 Å². The fraction of sp³-hybridized carbons (Fsp3) is 0.222. The van der Waals surface area contributed by atoms with Crippen molar-refractivity contribution in [3.63, 3.8) is 0 Å². The van der Waals surface area contributed by atoms with Crippen molar-refractivity contribution in [1.29, 1.82) is 0 Å². The van der Waals surface area contributed by atoms with Gasteiger partial charge < -0.3 is 14.8 Å². The Morgan fingerprint density at radius 2 is 1.79 bits per heavy atom. The molecular formula is C18H18ClNO4. The van der Waals surface area contributed by atoms with Crippen LogP contribution in [0.3, 0.4) is 0 Å². The molecule has 0 atom stereocenters. The molecule has 5 nitrogen and oxygen atoms in total. The lowest BCUT2D eigenvalue weighted by Gasteiger charge is -2.09. The molecular weight excluding hydrogens is 330 g/mol. The molecule has 0 heterocycles. The van der Waals surface area contributed by atoms with Crippen molar-refractivity contribution in [2.75, 3.05) is 19.8 Å². The first-order valence-electron chi connectivity index (χ1n) is 7.44. The Morgan fingerprint density at radius 3 is 2.50 bits per heavy atom. The molecule has 0 fully saturated rings. The Bertz CT molecular complexity index is 700. The average Bonchev–Trinajstić information content (AvgIpc) is 2.58. The average molecular weight is 348 g/mol. The lowest BCUT2D eigenvalue weighted by atomic mass is 10.1. The van der Waals surface area contributed by atoms with Crippen molar-refractivity contribution in [1.82, 2.24) is 5.32 Å². The SMILES string of the molecule is Cc1ccccc1C(=O)OCC(=O)NCCOc1ccc(Cl)cc1. The molecule has 0 aliphatic heterocycles. The second kappa shape index (κ2) is 8.93. The summed E-state index contributed by atoms with van der Waals surface area (Å²) in [4.78, 5) is 23.5. The van der Waals surface area contributed by atoms with Crippen LogP contribution in [0, 0.1) is 6.92 Å². The third kappa shape index (κ3) is 5.59. The Morgan fingerprint density at radius 1 is 1.08 bits per heavy atom. The number of rotatable bonds is 7. The first-order chi connectivity index (χ1) is 11.6. The predicted molar refractivity (Wildman–Crippen MR) is 91.4 cm³/mol. The van der Waals surface area contributed by atoms with Gasteiger partial charge in [-0.15, -0.1) is 0 Å². The van der Waals surface area contributed by atoms with Crippen LogP contribution in [0.5, 0.6) is 5.75 Å². The van der Waals surface area contributed by atoms with E-state index in [1.165, 1.54) is 0 Å². The minimum Gasteiger partial charge on any atom is -0.492 e. The molecule has 2 aromatic rings. The van der Waals surface area contributed by atoms with Gasteiger partial charge in [-0.25, -0.2) is 4.79 Å². The predicted octanol–water partition coefficient (Wildman–Crippen LogP) is 3.00. The van der Waals surface area contributed by atoms with E-state index in [1.807, 2.05) is 19.1 Å². The smallest absolute Gasteiger partial charge is 0.338 e. The van der Waals surface area contributed by atoms with Crippen LogP contribution in [0.2, 0.25) is 5.02 Å². The van der Waals surface area contributed by atoms with E-state index in [4.69, 9.17) is 21.1 Å². The zero-order chi connectivity index (χ0) is 17.4. The molecule has 0 aliphatic rings. The summed E-state index contributed by atoms with van der Waals surface area (Å²) in [6.45, 7) is 2.10. The molecule has 0 radical (unpaired) electrons. The maximum Gasteiger partial charge on any atom is 0.338 e. The summed E-state index contributed by atoms with van der Waals surface area (Å²) in [5.74, 6) is -0.225. The van der Waals surface area contributed by atoms with Crippen molar-refractivity contribution < 1.29 is 19.1 Å². The summed E-state index contributed by atoms with van der Waals surface area (Å²) >= 11 is 5.77. The van der Waals surface area contributed by atoms with Crippen LogP contribution in [0.25, 0.3) is 0 Å². The lowest BCUT2D eigenvalue weighted by Crippen LogP contribution is -2.32. The second-order valence-corrected chi connectivity index (χ2v) is 5.48. The molecule has 2 rings (SSSR count). The standard InChI is InChI=1S/C18H18ClNO4/c1-13-4-2-3-5-16(13)18(22)24-12-17(21)20-10-11-23-15-8-6-14(19)7-9-15/h2-9H,10-12H2,1H3,(H,20,21). The van der Waals surface area contributed by atoms with Crippen LogP contribution in [0.4, 0.5) is 0 Å². The van der Waals surface area contributed by atoms with Gasteiger partial charge in [-0.3, -0.25) is 4.79 Å². The summed E-state index contributed by atoms with van der Waals surface area (Å²) in [5.41, 5.74) is 1.26. The van der Waals surface area contributed by atoms with E-state index in [0.717, 1.165) is 5.56 Å². The Kier molecular flexibility index (Phi) is 6.63. The summed E-state index contributed by atoms with van der Waals surface area (Å²) in [7, 11) is 0. The van der Waals surface area contributed by atoms with E-state index in [-0.39, 0.29) is 12.5 Å². The van der Waals surface area contributed by atoms with Crippen LogP contribution in [0.1, 0.15) is 15.9 Å². The first-order valence-corrected chi connectivity index (χ1v) is 7.82. The quantitative estimate of drug-likeness (QED) is 0.617. The maximum absolute atomic E-state index is 11.9. The number of amides is 1. The van der Waals surface area contributed by atoms with Gasteiger partial charge in [0, 0.05) is 5.02 Å². The number of aryl methyl sites for hydroxylation is 1. The molecule has 0 saturated carbocycles. The second-order valence-electron chi connectivity index (χ2n) is 5.04. The Labute approximate surface area is 145 Å². The monoisotopic (exact) mass is 347 g/mol. The van der Waals surface area contributed by atoms with Crippen LogP contribution < -0.4 is 10.1 Å². The van der Waals surface area contributed by atoms with E-state index in [0.29, 0.717) is 29.5 Å². The lowest BCUT2D eigenvalue weighted by molar-refractivity contribution is -0.124. The van der Waals surface area contributed by atoms with Crippen LogP contribution in [-0.2, 0) is 9.53 Å². The highest BCUT2D eigenvalue weighted by Gasteiger charge is 2.11. The number of benzene rings is 2. The van der Waals surface area contributed by atoms with Crippen LogP contribution in [-0.4, -0.2) is 31.6 Å². The van der Waals surface area contributed by atoms with Gasteiger partial charge in [0.1, 0.15) is 12.4 Å². The molecule has 0 unspecified atom stereocenters. The number of carbonyl (C=O) groups is 2. The Balaban J connectivity index is 1.65. The van der Waals surface area contributed by atoms with Gasteiger partial charge in [0.2, 0.25) is 0 Å².